The van der Waals surface area contributed by atoms with Crippen molar-refractivity contribution in [1.29, 1.82) is 0 Å². The summed E-state index contributed by atoms with van der Waals surface area (Å²) in [5, 5.41) is 26.5. The second-order valence-corrected chi connectivity index (χ2v) is 10.3. The van der Waals surface area contributed by atoms with E-state index in [1.807, 2.05) is 51.1 Å². The molecule has 1 aliphatic rings. The van der Waals surface area contributed by atoms with Crippen molar-refractivity contribution in [2.75, 3.05) is 20.4 Å². The van der Waals surface area contributed by atoms with Crippen LogP contribution in [0.15, 0.2) is 53.3 Å². The van der Waals surface area contributed by atoms with Crippen molar-refractivity contribution < 1.29 is 42.4 Å². The molecule has 212 valence electrons. The number of likely N-dealkylation sites (N-methyl/N-ethyl adjacent to an activating group) is 1. The molecule has 0 unspecified atom stereocenters. The van der Waals surface area contributed by atoms with Crippen molar-refractivity contribution in [3.8, 4) is 5.75 Å². The molecule has 0 saturated heterocycles. The average molecular weight is 572 g/mol. The number of hydrazine groups is 1. The summed E-state index contributed by atoms with van der Waals surface area (Å²) >= 11 is 6.33. The van der Waals surface area contributed by atoms with Crippen LogP contribution >= 0.6 is 11.6 Å². The lowest BCUT2D eigenvalue weighted by Gasteiger charge is -2.30. The Labute approximate surface area is 228 Å². The number of carbonyl (C=O) groups is 1. The fraction of sp³-hybridized carbons (Fsp3) is 0.423. The van der Waals surface area contributed by atoms with Crippen LogP contribution in [-0.4, -0.2) is 59.8 Å². The molecule has 0 bridgehead atoms. The van der Waals surface area contributed by atoms with Gasteiger partial charge in [-0.2, -0.15) is 13.2 Å². The highest BCUT2D eigenvalue weighted by Gasteiger charge is 2.49. The Bertz CT molecular complexity index is 1230. The molecule has 0 radical (unpaired) electrons. The van der Waals surface area contributed by atoms with E-state index in [4.69, 9.17) is 21.1 Å². The number of ether oxygens (including phenoxy) is 2. The van der Waals surface area contributed by atoms with E-state index >= 15 is 0 Å². The summed E-state index contributed by atoms with van der Waals surface area (Å²) in [6.45, 7) is 4.23. The number of alkyl halides is 3. The van der Waals surface area contributed by atoms with E-state index in [9.17, 15) is 28.3 Å². The van der Waals surface area contributed by atoms with Crippen LogP contribution in [0.2, 0.25) is 5.02 Å². The Morgan fingerprint density at radius 1 is 1.26 bits per heavy atom. The number of halogens is 4. The summed E-state index contributed by atoms with van der Waals surface area (Å²) in [6.07, 6.45) is -6.19. The van der Waals surface area contributed by atoms with Crippen molar-refractivity contribution in [1.82, 2.24) is 5.01 Å². The van der Waals surface area contributed by atoms with Crippen molar-refractivity contribution in [2.45, 2.75) is 50.9 Å². The van der Waals surface area contributed by atoms with Crippen molar-refractivity contribution in [3.63, 3.8) is 0 Å². The molecule has 0 aliphatic carbocycles. The first-order chi connectivity index (χ1) is 18.2. The molecule has 0 saturated carbocycles. The number of aliphatic hydroxyl groups is 1. The molecule has 0 fully saturated rings. The highest BCUT2D eigenvalue weighted by molar-refractivity contribution is 6.31. The Hall–Kier alpha value is -3.51. The monoisotopic (exact) mass is 571 g/mol. The normalized spacial score (nSPS) is 16.5. The van der Waals surface area contributed by atoms with Crippen LogP contribution in [0.25, 0.3) is 6.08 Å². The van der Waals surface area contributed by atoms with Crippen LogP contribution in [0.4, 0.5) is 13.2 Å². The average Bonchev–Trinajstić information content (AvgIpc) is 2.87. The van der Waals surface area contributed by atoms with E-state index in [0.29, 0.717) is 17.0 Å². The molecule has 0 spiro atoms. The molecule has 0 aromatic heterocycles. The molecule has 3 rings (SSSR count). The van der Waals surface area contributed by atoms with Crippen LogP contribution in [0.1, 0.15) is 37.5 Å². The first kappa shape index (κ1) is 30.0. The van der Waals surface area contributed by atoms with Gasteiger partial charge in [0.2, 0.25) is 11.4 Å². The first-order valence-corrected chi connectivity index (χ1v) is 12.2. The second kappa shape index (κ2) is 12.1. The molecule has 1 heterocycles. The van der Waals surface area contributed by atoms with Gasteiger partial charge >= 0.3 is 12.1 Å². The zero-order valence-electron chi connectivity index (χ0n) is 21.7. The number of nitrogens with zero attached hydrogens (tertiary/aromatic N) is 3. The maximum atomic E-state index is 13.8. The SMILES string of the molecule is CN([C@H](CO)Cc1ccccc1)/[N+]([O-])=N/OCOC(=O)C1=Cc2cc(Cl)c(C(C)(C)C)cc2O[C@@H]1C(F)(F)F. The Balaban J connectivity index is 1.69. The van der Waals surface area contributed by atoms with Crippen LogP contribution in [-0.2, 0) is 26.2 Å². The summed E-state index contributed by atoms with van der Waals surface area (Å²) in [4.78, 5) is 17.3. The predicted octanol–water partition coefficient (Wildman–Crippen LogP) is 5.19. The summed E-state index contributed by atoms with van der Waals surface area (Å²) in [6, 6.07) is 11.3. The van der Waals surface area contributed by atoms with Crippen molar-refractivity contribution in [2.24, 2.45) is 5.28 Å². The smallest absolute Gasteiger partial charge is 0.430 e. The van der Waals surface area contributed by atoms with Gasteiger partial charge in [0.05, 0.1) is 24.2 Å². The molecular weight excluding hydrogens is 543 g/mol. The number of esters is 1. The highest BCUT2D eigenvalue weighted by atomic mass is 35.5. The van der Waals surface area contributed by atoms with Crippen LogP contribution < -0.4 is 4.74 Å². The van der Waals surface area contributed by atoms with Gasteiger partial charge < -0.3 is 24.6 Å². The molecule has 1 N–H and O–H groups in total. The molecule has 2 aromatic rings. The van der Waals surface area contributed by atoms with Gasteiger partial charge in [-0.3, -0.25) is 0 Å². The number of carbonyl (C=O) groups excluding carboxylic acids is 1. The van der Waals surface area contributed by atoms with E-state index < -0.39 is 42.1 Å². The number of hydrogen-bond acceptors (Lipinski definition) is 7. The third-order valence-electron chi connectivity index (χ3n) is 5.97. The zero-order chi connectivity index (χ0) is 29.0. The van der Waals surface area contributed by atoms with Crippen molar-refractivity contribution >= 4 is 23.6 Å². The number of fused-ring (bicyclic) bond motifs is 1. The number of benzene rings is 2. The molecule has 9 nitrogen and oxygen atoms in total. The minimum atomic E-state index is -4.93. The maximum Gasteiger partial charge on any atom is 0.430 e. The van der Waals surface area contributed by atoms with Crippen LogP contribution in [0.3, 0.4) is 0 Å². The van der Waals surface area contributed by atoms with Gasteiger partial charge in [-0.15, -0.1) is 5.01 Å². The highest BCUT2D eigenvalue weighted by Crippen LogP contribution is 2.42. The molecule has 13 heteroatoms. The standard InChI is InChI=1S/C26H29ClF3N3O6/c1-25(2,3)20-13-22-17(12-21(20)27)11-19(23(39-22)26(28,29)30)24(35)37-15-38-31-33(36)32(4)18(14-34)10-16-8-6-5-7-9-16/h5-9,11-13,18,23,34H,10,14-15H2,1-4H3/b33-31-/t18-,23-/m0/s1. The summed E-state index contributed by atoms with van der Waals surface area (Å²) in [5.74, 6) is -1.45. The maximum absolute atomic E-state index is 13.8. The van der Waals surface area contributed by atoms with E-state index in [1.165, 1.54) is 19.2 Å². The van der Waals surface area contributed by atoms with Gasteiger partial charge in [-0.05, 0) is 34.8 Å². The van der Waals surface area contributed by atoms with Gasteiger partial charge in [0, 0.05) is 17.0 Å². The molecule has 2 atom stereocenters. The van der Waals surface area contributed by atoms with Crippen LogP contribution in [0.5, 0.6) is 5.75 Å². The molecule has 39 heavy (non-hydrogen) atoms. The lowest BCUT2D eigenvalue weighted by molar-refractivity contribution is -0.714. The molecule has 1 aliphatic heterocycles. The minimum Gasteiger partial charge on any atom is -0.569 e. The van der Waals surface area contributed by atoms with E-state index in [2.05, 4.69) is 10.1 Å². The molecule has 2 aromatic carbocycles. The van der Waals surface area contributed by atoms with Gasteiger partial charge in [-0.25, -0.2) is 4.79 Å². The van der Waals surface area contributed by atoms with Gasteiger partial charge in [0.15, 0.2) is 0 Å². The fourth-order valence-corrected chi connectivity index (χ4v) is 4.29. The minimum absolute atomic E-state index is 0.0320. The first-order valence-electron chi connectivity index (χ1n) is 11.9. The topological polar surface area (TPSA) is 107 Å². The molecular formula is C26H29ClF3N3O6. The second-order valence-electron chi connectivity index (χ2n) is 9.87. The van der Waals surface area contributed by atoms with E-state index in [0.717, 1.165) is 16.6 Å². The third-order valence-corrected chi connectivity index (χ3v) is 6.29. The lowest BCUT2D eigenvalue weighted by atomic mass is 9.85. The summed E-state index contributed by atoms with van der Waals surface area (Å²) in [5.41, 5.74) is 0.336. The van der Waals surface area contributed by atoms with Gasteiger partial charge in [0.1, 0.15) is 11.8 Å². The summed E-state index contributed by atoms with van der Waals surface area (Å²) < 4.78 is 51.3. The fourth-order valence-electron chi connectivity index (χ4n) is 3.84. The number of hydrogen-bond donors (Lipinski definition) is 1. The Morgan fingerprint density at radius 2 is 1.92 bits per heavy atom. The summed E-state index contributed by atoms with van der Waals surface area (Å²) in [7, 11) is 1.36. The van der Waals surface area contributed by atoms with E-state index in [1.54, 1.807) is 0 Å². The Kier molecular flexibility index (Phi) is 9.34. The van der Waals surface area contributed by atoms with Crippen molar-refractivity contribution in [3.05, 3.63) is 75.0 Å². The van der Waals surface area contributed by atoms with Gasteiger partial charge in [0.25, 0.3) is 6.79 Å². The zero-order valence-corrected chi connectivity index (χ0v) is 22.5. The number of aliphatic hydroxyl groups excluding tert-OH is 1. The van der Waals surface area contributed by atoms with Crippen LogP contribution in [0, 0.1) is 5.21 Å². The van der Waals surface area contributed by atoms with Gasteiger partial charge in [-0.1, -0.05) is 62.7 Å². The Morgan fingerprint density at radius 3 is 2.51 bits per heavy atom. The quantitative estimate of drug-likeness (QED) is 0.110. The largest absolute Gasteiger partial charge is 0.569 e. The van der Waals surface area contributed by atoms with E-state index in [-0.39, 0.29) is 22.9 Å². The lowest BCUT2D eigenvalue weighted by Crippen LogP contribution is -2.41. The third kappa shape index (κ3) is 7.54. The molecule has 0 amide bonds. The predicted molar refractivity (Wildman–Crippen MR) is 135 cm³/mol. The number of rotatable bonds is 9.